The summed E-state index contributed by atoms with van der Waals surface area (Å²) < 4.78 is 0. The number of amides is 1. The van der Waals surface area contributed by atoms with Crippen molar-refractivity contribution in [1.29, 1.82) is 0 Å². The highest BCUT2D eigenvalue weighted by atomic mass is 127. The van der Waals surface area contributed by atoms with E-state index in [2.05, 4.69) is 28.5 Å². The van der Waals surface area contributed by atoms with Crippen LogP contribution in [-0.2, 0) is 19.3 Å². The van der Waals surface area contributed by atoms with Crippen LogP contribution in [0.1, 0.15) is 33.5 Å². The molecule has 0 spiro atoms. The van der Waals surface area contributed by atoms with Crippen LogP contribution in [-0.4, -0.2) is 37.4 Å². The molecule has 27 heavy (non-hydrogen) atoms. The molecule has 0 bridgehead atoms. The van der Waals surface area contributed by atoms with Gasteiger partial charge in [0, 0.05) is 31.9 Å². The minimum absolute atomic E-state index is 0. The maximum absolute atomic E-state index is 12.0. The Hall–Kier alpha value is -2.09. The fourth-order valence-corrected chi connectivity index (χ4v) is 3.26. The molecule has 1 aliphatic rings. The summed E-state index contributed by atoms with van der Waals surface area (Å²) in [5, 5.41) is 3.17. The van der Waals surface area contributed by atoms with Crippen LogP contribution in [0.3, 0.4) is 0 Å². The number of anilines is 1. The first kappa shape index (κ1) is 21.2. The lowest BCUT2D eigenvalue weighted by molar-refractivity contribution is 0.0827. The van der Waals surface area contributed by atoms with Crippen molar-refractivity contribution in [3.63, 3.8) is 0 Å². The molecule has 3 N–H and O–H groups in total. The molecule has 0 radical (unpaired) electrons. The molecule has 0 unspecified atom stereocenters. The predicted molar refractivity (Wildman–Crippen MR) is 122 cm³/mol. The third-order valence-electron chi connectivity index (χ3n) is 4.63. The highest BCUT2D eigenvalue weighted by Crippen LogP contribution is 2.24. The number of nitrogens with zero attached hydrogens (tertiary/aromatic N) is 2. The first-order chi connectivity index (χ1) is 12.5. The van der Waals surface area contributed by atoms with Crippen molar-refractivity contribution in [3.8, 4) is 0 Å². The van der Waals surface area contributed by atoms with Crippen LogP contribution < -0.4 is 11.1 Å². The highest BCUT2D eigenvalue weighted by molar-refractivity contribution is 14.0. The van der Waals surface area contributed by atoms with E-state index < -0.39 is 0 Å². The molecule has 2 aromatic rings. The first-order valence-corrected chi connectivity index (χ1v) is 9.02. The summed E-state index contributed by atoms with van der Waals surface area (Å²) in [7, 11) is 3.51. The smallest absolute Gasteiger partial charge is 0.253 e. The number of hydrogen-bond acceptors (Lipinski definition) is 2. The Morgan fingerprint density at radius 1 is 1.15 bits per heavy atom. The molecule has 0 heterocycles. The van der Waals surface area contributed by atoms with Crippen LogP contribution >= 0.6 is 24.0 Å². The maximum atomic E-state index is 12.0. The lowest BCUT2D eigenvalue weighted by Crippen LogP contribution is -2.23. The van der Waals surface area contributed by atoms with E-state index in [1.807, 2.05) is 24.3 Å². The molecule has 2 aromatic carbocycles. The van der Waals surface area contributed by atoms with E-state index >= 15 is 0 Å². The molecule has 3 rings (SSSR count). The molecule has 0 fully saturated rings. The molecular weight excluding hydrogens is 451 g/mol. The van der Waals surface area contributed by atoms with Gasteiger partial charge < -0.3 is 16.0 Å². The molecule has 1 amide bonds. The van der Waals surface area contributed by atoms with E-state index in [1.165, 1.54) is 24.0 Å². The zero-order valence-corrected chi connectivity index (χ0v) is 18.2. The van der Waals surface area contributed by atoms with Crippen LogP contribution in [0.2, 0.25) is 0 Å². The molecule has 5 nitrogen and oxygen atoms in total. The fourth-order valence-electron chi connectivity index (χ4n) is 3.26. The van der Waals surface area contributed by atoms with Gasteiger partial charge in [-0.2, -0.15) is 0 Å². The number of carbonyl (C=O) groups is 1. The molecule has 0 aliphatic heterocycles. The van der Waals surface area contributed by atoms with E-state index in [-0.39, 0.29) is 29.9 Å². The Bertz CT molecular complexity index is 833. The lowest BCUT2D eigenvalue weighted by Gasteiger charge is -2.11. The Kier molecular flexibility index (Phi) is 7.65. The third kappa shape index (κ3) is 5.69. The predicted octanol–water partition coefficient (Wildman–Crippen LogP) is 3.46. The molecule has 0 saturated carbocycles. The maximum Gasteiger partial charge on any atom is 0.253 e. The van der Waals surface area contributed by atoms with Crippen LogP contribution in [0.25, 0.3) is 0 Å². The third-order valence-corrected chi connectivity index (χ3v) is 4.63. The number of rotatable bonds is 5. The average molecular weight is 478 g/mol. The fraction of sp³-hybridized carbons (Fsp3) is 0.333. The van der Waals surface area contributed by atoms with Crippen LogP contribution in [0.15, 0.2) is 47.5 Å². The number of carbonyl (C=O) groups excluding carboxylic acids is 1. The number of aliphatic imine (C=N–C) groups is 1. The molecule has 0 saturated heterocycles. The number of hydrogen-bond donors (Lipinski definition) is 2. The van der Waals surface area contributed by atoms with Gasteiger partial charge in [-0.25, -0.2) is 0 Å². The normalized spacial score (nSPS) is 12.9. The standard InChI is InChI=1S/C21H26N4O.HI/c1-25(2)20(26)18-8-3-5-15(13-18)11-12-23-21(22)24-19-10-9-16-6-4-7-17(16)14-19;/h3,5,8-10,13-14H,4,6-7,11-12H2,1-2H3,(H3,22,23,24);1H. The van der Waals surface area contributed by atoms with E-state index in [1.54, 1.807) is 19.0 Å². The van der Waals surface area contributed by atoms with Crippen molar-refractivity contribution in [3.05, 3.63) is 64.7 Å². The van der Waals surface area contributed by atoms with Gasteiger partial charge in [-0.15, -0.1) is 24.0 Å². The largest absolute Gasteiger partial charge is 0.370 e. The number of nitrogens with one attached hydrogen (secondary N) is 1. The molecular formula is C21H27IN4O. The summed E-state index contributed by atoms with van der Waals surface area (Å²) >= 11 is 0. The van der Waals surface area contributed by atoms with Crippen molar-refractivity contribution >= 4 is 41.5 Å². The monoisotopic (exact) mass is 478 g/mol. The number of guanidine groups is 1. The van der Waals surface area contributed by atoms with Gasteiger partial charge in [0.15, 0.2) is 5.96 Å². The SMILES string of the molecule is CN(C)C(=O)c1cccc(CCN=C(N)Nc2ccc3c(c2)CCC3)c1.I. The number of fused-ring (bicyclic) bond motifs is 1. The number of halogens is 1. The average Bonchev–Trinajstić information content (AvgIpc) is 3.09. The summed E-state index contributed by atoms with van der Waals surface area (Å²) in [4.78, 5) is 18.0. The highest BCUT2D eigenvalue weighted by Gasteiger charge is 2.11. The van der Waals surface area contributed by atoms with Gasteiger partial charge >= 0.3 is 0 Å². The molecule has 6 heteroatoms. The molecule has 0 aromatic heterocycles. The van der Waals surface area contributed by atoms with E-state index in [4.69, 9.17) is 5.73 Å². The van der Waals surface area contributed by atoms with E-state index in [9.17, 15) is 4.79 Å². The van der Waals surface area contributed by atoms with Gasteiger partial charge in [0.25, 0.3) is 5.91 Å². The van der Waals surface area contributed by atoms with Crippen LogP contribution in [0.5, 0.6) is 0 Å². The number of aryl methyl sites for hydroxylation is 2. The summed E-state index contributed by atoms with van der Waals surface area (Å²) in [6.45, 7) is 0.573. The minimum Gasteiger partial charge on any atom is -0.370 e. The van der Waals surface area contributed by atoms with Gasteiger partial charge in [0.1, 0.15) is 0 Å². The number of nitrogens with two attached hydrogens (primary N) is 1. The minimum atomic E-state index is 0. The summed E-state index contributed by atoms with van der Waals surface area (Å²) in [6.07, 6.45) is 4.29. The Labute approximate surface area is 178 Å². The van der Waals surface area contributed by atoms with Crippen molar-refractivity contribution in [2.24, 2.45) is 10.7 Å². The zero-order valence-electron chi connectivity index (χ0n) is 15.9. The molecule has 1 aliphatic carbocycles. The summed E-state index contributed by atoms with van der Waals surface area (Å²) in [5.41, 5.74) is 11.6. The quantitative estimate of drug-likeness (QED) is 0.393. The van der Waals surface area contributed by atoms with Gasteiger partial charge in [0.2, 0.25) is 0 Å². The molecule has 0 atom stereocenters. The van der Waals surface area contributed by atoms with Crippen molar-refractivity contribution in [1.82, 2.24) is 4.90 Å². The molecule has 144 valence electrons. The summed E-state index contributed by atoms with van der Waals surface area (Å²) in [5.74, 6) is 0.427. The zero-order chi connectivity index (χ0) is 18.5. The van der Waals surface area contributed by atoms with Crippen molar-refractivity contribution in [2.45, 2.75) is 25.7 Å². The van der Waals surface area contributed by atoms with Gasteiger partial charge in [-0.3, -0.25) is 9.79 Å². The Morgan fingerprint density at radius 3 is 2.70 bits per heavy atom. The van der Waals surface area contributed by atoms with Gasteiger partial charge in [-0.1, -0.05) is 18.2 Å². The number of benzene rings is 2. The van der Waals surface area contributed by atoms with E-state index in [0.717, 1.165) is 24.1 Å². The topological polar surface area (TPSA) is 70.7 Å². The first-order valence-electron chi connectivity index (χ1n) is 9.02. The van der Waals surface area contributed by atoms with Crippen LogP contribution in [0, 0.1) is 0 Å². The second kappa shape index (κ2) is 9.73. The van der Waals surface area contributed by atoms with Crippen molar-refractivity contribution < 1.29 is 4.79 Å². The van der Waals surface area contributed by atoms with Crippen molar-refractivity contribution in [2.75, 3.05) is 26.0 Å². The van der Waals surface area contributed by atoms with E-state index in [0.29, 0.717) is 18.1 Å². The Balaban J connectivity index is 0.00000261. The second-order valence-corrected chi connectivity index (χ2v) is 6.88. The van der Waals surface area contributed by atoms with Gasteiger partial charge in [-0.05, 0) is 66.6 Å². The lowest BCUT2D eigenvalue weighted by atomic mass is 10.1. The van der Waals surface area contributed by atoms with Crippen LogP contribution in [0.4, 0.5) is 5.69 Å². The summed E-state index contributed by atoms with van der Waals surface area (Å²) in [6, 6.07) is 14.1. The second-order valence-electron chi connectivity index (χ2n) is 6.88. The van der Waals surface area contributed by atoms with Gasteiger partial charge in [0.05, 0.1) is 0 Å². The Morgan fingerprint density at radius 2 is 1.93 bits per heavy atom.